The van der Waals surface area contributed by atoms with Crippen molar-refractivity contribution in [2.24, 2.45) is 0 Å². The van der Waals surface area contributed by atoms with Crippen LogP contribution in [0.15, 0.2) is 36.4 Å². The van der Waals surface area contributed by atoms with E-state index in [1.54, 1.807) is 14.2 Å². The van der Waals surface area contributed by atoms with Crippen LogP contribution in [0.2, 0.25) is 5.02 Å². The van der Waals surface area contributed by atoms with Gasteiger partial charge in [0.25, 0.3) is 0 Å². The van der Waals surface area contributed by atoms with Gasteiger partial charge in [0.05, 0.1) is 19.6 Å². The first-order valence-electron chi connectivity index (χ1n) is 6.18. The molecule has 0 bridgehead atoms. The summed E-state index contributed by atoms with van der Waals surface area (Å²) >= 11 is 12.7. The molecule has 0 amide bonds. The maximum Gasteiger partial charge on any atom is 0.124 e. The minimum Gasteiger partial charge on any atom is -0.497 e. The molecule has 0 saturated heterocycles. The molecule has 4 heteroatoms. The number of hydrogen-bond acceptors (Lipinski definition) is 2. The van der Waals surface area contributed by atoms with Gasteiger partial charge in [-0.2, -0.15) is 0 Å². The summed E-state index contributed by atoms with van der Waals surface area (Å²) in [5.41, 5.74) is 2.86. The van der Waals surface area contributed by atoms with Gasteiger partial charge >= 0.3 is 0 Å². The van der Waals surface area contributed by atoms with Gasteiger partial charge in [-0.15, -0.1) is 11.6 Å². The Kier molecular flexibility index (Phi) is 4.79. The Labute approximate surface area is 129 Å². The Morgan fingerprint density at radius 1 is 1.00 bits per heavy atom. The zero-order valence-corrected chi connectivity index (χ0v) is 13.1. The Morgan fingerprint density at radius 2 is 1.75 bits per heavy atom. The summed E-state index contributed by atoms with van der Waals surface area (Å²) in [5, 5.41) is 0.324. The van der Waals surface area contributed by atoms with Crippen LogP contribution in [0.1, 0.15) is 22.1 Å². The summed E-state index contributed by atoms with van der Waals surface area (Å²) in [6, 6.07) is 11.4. The van der Waals surface area contributed by atoms with Gasteiger partial charge in [0.15, 0.2) is 0 Å². The Morgan fingerprint density at radius 3 is 2.35 bits per heavy atom. The fraction of sp³-hybridized carbons (Fsp3) is 0.250. The average molecular weight is 311 g/mol. The van der Waals surface area contributed by atoms with E-state index in [1.165, 1.54) is 0 Å². The topological polar surface area (TPSA) is 18.5 Å². The largest absolute Gasteiger partial charge is 0.497 e. The number of hydrogen-bond donors (Lipinski definition) is 0. The predicted molar refractivity (Wildman–Crippen MR) is 83.4 cm³/mol. The van der Waals surface area contributed by atoms with E-state index in [4.69, 9.17) is 32.7 Å². The van der Waals surface area contributed by atoms with Crippen molar-refractivity contribution in [3.8, 4) is 11.5 Å². The normalized spacial score (nSPS) is 12.1. The monoisotopic (exact) mass is 310 g/mol. The van der Waals surface area contributed by atoms with Crippen molar-refractivity contribution >= 4 is 23.2 Å². The molecular weight excluding hydrogens is 295 g/mol. The third-order valence-electron chi connectivity index (χ3n) is 3.07. The highest BCUT2D eigenvalue weighted by Crippen LogP contribution is 2.38. The summed E-state index contributed by atoms with van der Waals surface area (Å²) in [5.74, 6) is 1.47. The highest BCUT2D eigenvalue weighted by molar-refractivity contribution is 6.31. The van der Waals surface area contributed by atoms with Crippen molar-refractivity contribution in [1.82, 2.24) is 0 Å². The van der Waals surface area contributed by atoms with Crippen molar-refractivity contribution in [2.75, 3.05) is 14.2 Å². The molecule has 0 saturated carbocycles. The van der Waals surface area contributed by atoms with Crippen molar-refractivity contribution in [3.63, 3.8) is 0 Å². The number of methoxy groups -OCH3 is 2. The predicted octanol–water partition coefficient (Wildman–Crippen LogP) is 4.99. The zero-order valence-electron chi connectivity index (χ0n) is 11.6. The number of ether oxygens (including phenoxy) is 2. The molecule has 2 rings (SSSR count). The second-order valence-electron chi connectivity index (χ2n) is 4.53. The maximum atomic E-state index is 6.59. The van der Waals surface area contributed by atoms with Crippen molar-refractivity contribution in [3.05, 3.63) is 58.1 Å². The second-order valence-corrected chi connectivity index (χ2v) is 5.41. The molecule has 1 atom stereocenters. The third kappa shape index (κ3) is 3.20. The molecule has 2 nitrogen and oxygen atoms in total. The lowest BCUT2D eigenvalue weighted by Gasteiger charge is -2.16. The first kappa shape index (κ1) is 15.0. The molecule has 0 N–H and O–H groups in total. The zero-order chi connectivity index (χ0) is 14.7. The highest BCUT2D eigenvalue weighted by atomic mass is 35.5. The van der Waals surface area contributed by atoms with Gasteiger partial charge in [0.2, 0.25) is 0 Å². The molecule has 0 aromatic heterocycles. The molecule has 20 heavy (non-hydrogen) atoms. The van der Waals surface area contributed by atoms with E-state index in [-0.39, 0.29) is 5.38 Å². The second kappa shape index (κ2) is 6.38. The van der Waals surface area contributed by atoms with Crippen molar-refractivity contribution < 1.29 is 9.47 Å². The number of aryl methyl sites for hydroxylation is 1. The third-order valence-corrected chi connectivity index (χ3v) is 3.77. The molecule has 2 aromatic rings. The summed E-state index contributed by atoms with van der Waals surface area (Å²) < 4.78 is 10.6. The van der Waals surface area contributed by atoms with Gasteiger partial charge in [-0.05, 0) is 48.4 Å². The quantitative estimate of drug-likeness (QED) is 0.740. The van der Waals surface area contributed by atoms with Gasteiger partial charge in [-0.1, -0.05) is 17.7 Å². The van der Waals surface area contributed by atoms with Gasteiger partial charge < -0.3 is 9.47 Å². The van der Waals surface area contributed by atoms with Crippen LogP contribution in [0.5, 0.6) is 11.5 Å². The minimum absolute atomic E-state index is 0.350. The standard InChI is InChI=1S/C16H16Cl2O2/c1-10-6-11(8-12(17)7-10)16(18)14-9-13(19-2)4-5-15(14)20-3/h4-9,16H,1-3H3. The lowest BCUT2D eigenvalue weighted by molar-refractivity contribution is 0.399. The summed E-state index contributed by atoms with van der Waals surface area (Å²) in [6.45, 7) is 1.99. The molecule has 0 heterocycles. The van der Waals surface area contributed by atoms with Crippen LogP contribution in [0.3, 0.4) is 0 Å². The molecular formula is C16H16Cl2O2. The average Bonchev–Trinajstić information content (AvgIpc) is 2.44. The van der Waals surface area contributed by atoms with Gasteiger partial charge in [-0.3, -0.25) is 0 Å². The highest BCUT2D eigenvalue weighted by Gasteiger charge is 2.17. The van der Waals surface area contributed by atoms with E-state index >= 15 is 0 Å². The van der Waals surface area contributed by atoms with Gasteiger partial charge in [0.1, 0.15) is 11.5 Å². The van der Waals surface area contributed by atoms with E-state index in [0.717, 1.165) is 28.2 Å². The Bertz CT molecular complexity index is 591. The summed E-state index contributed by atoms with van der Waals surface area (Å²) in [4.78, 5) is 0. The SMILES string of the molecule is COc1ccc(OC)c(C(Cl)c2cc(C)cc(Cl)c2)c1. The van der Waals surface area contributed by atoms with Crippen LogP contribution in [0, 0.1) is 6.92 Å². The maximum absolute atomic E-state index is 6.59. The van der Waals surface area contributed by atoms with E-state index in [0.29, 0.717) is 5.02 Å². The van der Waals surface area contributed by atoms with Crippen LogP contribution < -0.4 is 9.47 Å². The summed E-state index contributed by atoms with van der Waals surface area (Å²) in [6.07, 6.45) is 0. The molecule has 0 aliphatic rings. The first-order chi connectivity index (χ1) is 9.55. The molecule has 2 aromatic carbocycles. The Hall–Kier alpha value is -1.38. The molecule has 0 aliphatic carbocycles. The molecule has 0 spiro atoms. The smallest absolute Gasteiger partial charge is 0.124 e. The lowest BCUT2D eigenvalue weighted by Crippen LogP contribution is -1.99. The van der Waals surface area contributed by atoms with E-state index in [9.17, 15) is 0 Å². The van der Waals surface area contributed by atoms with Crippen molar-refractivity contribution in [1.29, 1.82) is 0 Å². The molecule has 0 fully saturated rings. The fourth-order valence-electron chi connectivity index (χ4n) is 2.13. The molecule has 0 aliphatic heterocycles. The number of alkyl halides is 1. The van der Waals surface area contributed by atoms with Gasteiger partial charge in [0, 0.05) is 10.6 Å². The van der Waals surface area contributed by atoms with Crippen LogP contribution in [-0.4, -0.2) is 14.2 Å². The van der Waals surface area contributed by atoms with Crippen molar-refractivity contribution in [2.45, 2.75) is 12.3 Å². The van der Waals surface area contributed by atoms with Crippen LogP contribution in [0.25, 0.3) is 0 Å². The summed E-state index contributed by atoms with van der Waals surface area (Å²) in [7, 11) is 3.25. The number of rotatable bonds is 4. The Balaban J connectivity index is 2.48. The van der Waals surface area contributed by atoms with Crippen LogP contribution in [0.4, 0.5) is 0 Å². The molecule has 1 unspecified atom stereocenters. The van der Waals surface area contributed by atoms with Crippen LogP contribution in [-0.2, 0) is 0 Å². The van der Waals surface area contributed by atoms with E-state index in [2.05, 4.69) is 0 Å². The fourth-order valence-corrected chi connectivity index (χ4v) is 2.72. The van der Waals surface area contributed by atoms with Crippen LogP contribution >= 0.6 is 23.2 Å². The van der Waals surface area contributed by atoms with E-state index in [1.807, 2.05) is 43.3 Å². The first-order valence-corrected chi connectivity index (χ1v) is 6.99. The van der Waals surface area contributed by atoms with Gasteiger partial charge in [-0.25, -0.2) is 0 Å². The molecule has 0 radical (unpaired) electrons. The minimum atomic E-state index is -0.350. The number of benzene rings is 2. The lowest BCUT2D eigenvalue weighted by atomic mass is 10.0. The van der Waals surface area contributed by atoms with E-state index < -0.39 is 0 Å². The molecule has 106 valence electrons. The number of halogens is 2.